The van der Waals surface area contributed by atoms with Crippen molar-refractivity contribution >= 4 is 32.7 Å². The first-order valence-corrected chi connectivity index (χ1v) is 10.7. The highest BCUT2D eigenvalue weighted by molar-refractivity contribution is 7.91. The molecule has 7 heteroatoms. The van der Waals surface area contributed by atoms with E-state index in [4.69, 9.17) is 0 Å². The molecule has 2 heterocycles. The van der Waals surface area contributed by atoms with Crippen molar-refractivity contribution in [2.24, 2.45) is 0 Å². The molecule has 2 aromatic heterocycles. The van der Waals surface area contributed by atoms with Gasteiger partial charge < -0.3 is 0 Å². The van der Waals surface area contributed by atoms with Gasteiger partial charge in [0.2, 0.25) is 10.0 Å². The number of hydrogen-bond acceptors (Lipinski definition) is 5. The van der Waals surface area contributed by atoms with Gasteiger partial charge in [0.1, 0.15) is 9.22 Å². The fourth-order valence-electron chi connectivity index (χ4n) is 2.27. The van der Waals surface area contributed by atoms with Crippen LogP contribution in [0.1, 0.15) is 16.1 Å². The Hall–Kier alpha value is -1.54. The number of nitrogens with one attached hydrogen (secondary N) is 1. The van der Waals surface area contributed by atoms with Crippen molar-refractivity contribution in [1.82, 2.24) is 9.71 Å². The van der Waals surface area contributed by atoms with Crippen LogP contribution in [0.5, 0.6) is 0 Å². The Bertz CT molecular complexity index is 911. The van der Waals surface area contributed by atoms with Gasteiger partial charge in [-0.1, -0.05) is 35.9 Å². The molecule has 0 atom stereocenters. The van der Waals surface area contributed by atoms with Crippen LogP contribution in [-0.2, 0) is 16.4 Å². The predicted octanol–water partition coefficient (Wildman–Crippen LogP) is 4.01. The third-order valence-electron chi connectivity index (χ3n) is 3.60. The van der Waals surface area contributed by atoms with Crippen molar-refractivity contribution in [2.45, 2.75) is 24.5 Å². The van der Waals surface area contributed by atoms with E-state index in [9.17, 15) is 8.42 Å². The highest BCUT2D eigenvalue weighted by atomic mass is 32.2. The van der Waals surface area contributed by atoms with Crippen LogP contribution in [0, 0.1) is 13.8 Å². The maximum Gasteiger partial charge on any atom is 0.250 e. The van der Waals surface area contributed by atoms with Crippen molar-refractivity contribution in [1.29, 1.82) is 0 Å². The largest absolute Gasteiger partial charge is 0.250 e. The van der Waals surface area contributed by atoms with Crippen LogP contribution in [0.25, 0.3) is 10.6 Å². The fourth-order valence-corrected chi connectivity index (χ4v) is 5.40. The van der Waals surface area contributed by atoms with E-state index in [2.05, 4.69) is 40.9 Å². The minimum Gasteiger partial charge on any atom is -0.241 e. The minimum atomic E-state index is -3.40. The van der Waals surface area contributed by atoms with Crippen molar-refractivity contribution in [2.75, 3.05) is 6.54 Å². The fraction of sp³-hybridized carbons (Fsp3) is 0.235. The lowest BCUT2D eigenvalue weighted by atomic mass is 10.2. The van der Waals surface area contributed by atoms with E-state index in [1.807, 2.05) is 6.92 Å². The molecule has 24 heavy (non-hydrogen) atoms. The van der Waals surface area contributed by atoms with E-state index in [1.54, 1.807) is 28.8 Å². The smallest absolute Gasteiger partial charge is 0.241 e. The van der Waals surface area contributed by atoms with Gasteiger partial charge in [-0.05, 0) is 31.7 Å². The number of nitrogens with zero attached hydrogens (tertiary/aromatic N) is 1. The number of thiazole rings is 1. The number of benzene rings is 1. The van der Waals surface area contributed by atoms with Gasteiger partial charge in [-0.2, -0.15) is 0 Å². The molecule has 1 N–H and O–H groups in total. The lowest BCUT2D eigenvalue weighted by molar-refractivity contribution is 0.584. The molecule has 0 aliphatic carbocycles. The van der Waals surface area contributed by atoms with Crippen LogP contribution < -0.4 is 4.72 Å². The Balaban J connectivity index is 1.67. The van der Waals surface area contributed by atoms with Crippen molar-refractivity contribution in [3.05, 3.63) is 57.9 Å². The minimum absolute atomic E-state index is 0.351. The summed E-state index contributed by atoms with van der Waals surface area (Å²) in [4.78, 5) is 5.73. The van der Waals surface area contributed by atoms with Crippen LogP contribution in [0.2, 0.25) is 0 Å². The van der Waals surface area contributed by atoms with Crippen molar-refractivity contribution in [3.63, 3.8) is 0 Å². The van der Waals surface area contributed by atoms with Gasteiger partial charge in [-0.25, -0.2) is 18.1 Å². The summed E-state index contributed by atoms with van der Waals surface area (Å²) < 4.78 is 27.2. The zero-order valence-electron chi connectivity index (χ0n) is 13.4. The van der Waals surface area contributed by atoms with Crippen LogP contribution >= 0.6 is 22.7 Å². The summed E-state index contributed by atoms with van der Waals surface area (Å²) >= 11 is 2.84. The molecule has 1 aromatic carbocycles. The Labute approximate surface area is 150 Å². The second-order valence-electron chi connectivity index (χ2n) is 5.47. The number of sulfonamides is 1. The SMILES string of the molecule is Cc1ccc(-c2nc(C)c(CCNS(=O)(=O)c3cccs3)s2)cc1. The second-order valence-corrected chi connectivity index (χ2v) is 9.50. The first-order valence-electron chi connectivity index (χ1n) is 7.52. The third-order valence-corrected chi connectivity index (χ3v) is 7.72. The molecule has 4 nitrogen and oxygen atoms in total. The van der Waals surface area contributed by atoms with Gasteiger partial charge in [0.15, 0.2) is 0 Å². The van der Waals surface area contributed by atoms with Gasteiger partial charge in [0, 0.05) is 17.0 Å². The van der Waals surface area contributed by atoms with Gasteiger partial charge >= 0.3 is 0 Å². The molecule has 0 aliphatic heterocycles. The number of aryl methyl sites for hydroxylation is 2. The molecule has 3 rings (SSSR count). The van der Waals surface area contributed by atoms with Crippen molar-refractivity contribution < 1.29 is 8.42 Å². The number of thiophene rings is 1. The van der Waals surface area contributed by atoms with E-state index in [1.165, 1.54) is 16.9 Å². The summed E-state index contributed by atoms with van der Waals surface area (Å²) in [6.07, 6.45) is 0.639. The Morgan fingerprint density at radius 1 is 1.12 bits per heavy atom. The maximum atomic E-state index is 12.1. The normalized spacial score (nSPS) is 11.8. The molecule has 0 fully saturated rings. The molecule has 0 aliphatic rings. The summed E-state index contributed by atoms with van der Waals surface area (Å²) in [5.41, 5.74) is 3.28. The summed E-state index contributed by atoms with van der Waals surface area (Å²) in [5, 5.41) is 2.74. The standard InChI is InChI=1S/C17H18N2O2S3/c1-12-5-7-14(8-6-12)17-19-13(2)15(23-17)9-10-18-24(20,21)16-4-3-11-22-16/h3-8,11,18H,9-10H2,1-2H3. The average Bonchev–Trinajstić information content (AvgIpc) is 3.19. The van der Waals surface area contributed by atoms with Gasteiger partial charge in [0.05, 0.1) is 5.69 Å². The number of aromatic nitrogens is 1. The zero-order valence-corrected chi connectivity index (χ0v) is 15.9. The Morgan fingerprint density at radius 2 is 1.88 bits per heavy atom. The first kappa shape index (κ1) is 17.3. The molecule has 0 saturated heterocycles. The molecule has 0 spiro atoms. The molecule has 126 valence electrons. The molecule has 0 saturated carbocycles. The van der Waals surface area contributed by atoms with Gasteiger partial charge in [0.25, 0.3) is 0 Å². The van der Waals surface area contributed by atoms with E-state index in [-0.39, 0.29) is 0 Å². The van der Waals surface area contributed by atoms with E-state index >= 15 is 0 Å². The molecular formula is C17H18N2O2S3. The molecule has 0 bridgehead atoms. The molecule has 0 unspecified atom stereocenters. The van der Waals surface area contributed by atoms with Crippen LogP contribution in [-0.4, -0.2) is 19.9 Å². The summed E-state index contributed by atoms with van der Waals surface area (Å²) in [5.74, 6) is 0. The topological polar surface area (TPSA) is 59.1 Å². The van der Waals surface area contributed by atoms with Crippen LogP contribution in [0.3, 0.4) is 0 Å². The maximum absolute atomic E-state index is 12.1. The number of hydrogen-bond donors (Lipinski definition) is 1. The van der Waals surface area contributed by atoms with E-state index in [0.717, 1.165) is 21.1 Å². The summed E-state index contributed by atoms with van der Waals surface area (Å²) in [6.45, 7) is 4.40. The van der Waals surface area contributed by atoms with Crippen molar-refractivity contribution in [3.8, 4) is 10.6 Å². The van der Waals surface area contributed by atoms with E-state index < -0.39 is 10.0 Å². The quantitative estimate of drug-likeness (QED) is 0.705. The predicted molar refractivity (Wildman–Crippen MR) is 100 cm³/mol. The zero-order chi connectivity index (χ0) is 17.2. The first-order chi connectivity index (χ1) is 11.5. The molecular weight excluding hydrogens is 360 g/mol. The highest BCUT2D eigenvalue weighted by Crippen LogP contribution is 2.28. The molecule has 0 amide bonds. The summed E-state index contributed by atoms with van der Waals surface area (Å²) in [6, 6.07) is 11.6. The second kappa shape index (κ2) is 7.14. The lowest BCUT2D eigenvalue weighted by Crippen LogP contribution is -2.25. The molecule has 3 aromatic rings. The van der Waals surface area contributed by atoms with Crippen LogP contribution in [0.15, 0.2) is 46.0 Å². The average molecular weight is 379 g/mol. The van der Waals surface area contributed by atoms with Gasteiger partial charge in [-0.3, -0.25) is 0 Å². The summed E-state index contributed by atoms with van der Waals surface area (Å²) in [7, 11) is -3.40. The highest BCUT2D eigenvalue weighted by Gasteiger charge is 2.15. The Morgan fingerprint density at radius 3 is 2.54 bits per heavy atom. The Kier molecular flexibility index (Phi) is 5.15. The lowest BCUT2D eigenvalue weighted by Gasteiger charge is -2.03. The monoisotopic (exact) mass is 378 g/mol. The van der Waals surface area contributed by atoms with E-state index in [0.29, 0.717) is 17.2 Å². The number of rotatable bonds is 6. The molecule has 0 radical (unpaired) electrons. The third kappa shape index (κ3) is 3.92. The van der Waals surface area contributed by atoms with Gasteiger partial charge in [-0.15, -0.1) is 22.7 Å². The van der Waals surface area contributed by atoms with Crippen LogP contribution in [0.4, 0.5) is 0 Å².